The molecule has 0 aliphatic carbocycles. The van der Waals surface area contributed by atoms with Crippen LogP contribution in [0.1, 0.15) is 5.56 Å². The minimum atomic E-state index is -0.446. The fourth-order valence-corrected chi connectivity index (χ4v) is 1.14. The number of nitro groups is 1. The average Bonchev–Trinajstić information content (AvgIpc) is 2.26. The Labute approximate surface area is 87.3 Å². The molecule has 0 amide bonds. The van der Waals surface area contributed by atoms with Crippen LogP contribution in [-0.2, 0) is 0 Å². The molecule has 0 bridgehead atoms. The lowest BCUT2D eigenvalue weighted by molar-refractivity contribution is -0.385. The van der Waals surface area contributed by atoms with Crippen LogP contribution in [0.5, 0.6) is 5.75 Å². The van der Waals surface area contributed by atoms with Crippen molar-refractivity contribution in [3.8, 4) is 5.75 Å². The third kappa shape index (κ3) is 2.78. The Bertz CT molecular complexity index is 388. The summed E-state index contributed by atoms with van der Waals surface area (Å²) in [6.45, 7) is 0.350. The summed E-state index contributed by atoms with van der Waals surface area (Å²) in [6.07, 6.45) is 3.28. The van der Waals surface area contributed by atoms with Crippen LogP contribution in [0, 0.1) is 10.1 Å². The number of methoxy groups -OCH3 is 1. The molecule has 5 heteroatoms. The van der Waals surface area contributed by atoms with Gasteiger partial charge < -0.3 is 10.5 Å². The van der Waals surface area contributed by atoms with Crippen LogP contribution in [0.25, 0.3) is 6.08 Å². The molecule has 0 spiro atoms. The quantitative estimate of drug-likeness (QED) is 0.601. The maximum absolute atomic E-state index is 10.7. The van der Waals surface area contributed by atoms with Crippen molar-refractivity contribution in [1.82, 2.24) is 0 Å². The summed E-state index contributed by atoms with van der Waals surface area (Å²) < 4.78 is 4.91. The van der Waals surface area contributed by atoms with E-state index in [4.69, 9.17) is 10.5 Å². The van der Waals surface area contributed by atoms with Gasteiger partial charge in [0.05, 0.1) is 23.7 Å². The second-order valence-electron chi connectivity index (χ2n) is 2.82. The van der Waals surface area contributed by atoms with Gasteiger partial charge in [-0.15, -0.1) is 0 Å². The fraction of sp³-hybridized carbons (Fsp3) is 0.200. The standard InChI is InChI=1S/C10H12N2O3/c1-15-9-5-4-8(3-2-6-11)10(7-9)12(13)14/h2-5,7H,6,11H2,1H3/b3-2+. The van der Waals surface area contributed by atoms with E-state index in [1.165, 1.54) is 13.2 Å². The van der Waals surface area contributed by atoms with Gasteiger partial charge in [-0.1, -0.05) is 12.2 Å². The van der Waals surface area contributed by atoms with E-state index in [1.54, 1.807) is 24.3 Å². The summed E-state index contributed by atoms with van der Waals surface area (Å²) in [5, 5.41) is 10.7. The van der Waals surface area contributed by atoms with E-state index < -0.39 is 4.92 Å². The molecule has 0 aliphatic rings. The Morgan fingerprint density at radius 3 is 2.87 bits per heavy atom. The number of hydrogen-bond donors (Lipinski definition) is 1. The van der Waals surface area contributed by atoms with Crippen molar-refractivity contribution in [3.63, 3.8) is 0 Å². The van der Waals surface area contributed by atoms with Gasteiger partial charge in [-0.25, -0.2) is 0 Å². The number of nitrogens with two attached hydrogens (primary N) is 1. The maximum Gasteiger partial charge on any atom is 0.280 e. The van der Waals surface area contributed by atoms with Gasteiger partial charge in [0, 0.05) is 6.54 Å². The van der Waals surface area contributed by atoms with E-state index in [0.717, 1.165) is 0 Å². The zero-order chi connectivity index (χ0) is 11.3. The molecule has 1 aromatic rings. The van der Waals surface area contributed by atoms with Gasteiger partial charge in [-0.3, -0.25) is 10.1 Å². The van der Waals surface area contributed by atoms with Crippen LogP contribution < -0.4 is 10.5 Å². The molecule has 1 aromatic carbocycles. The summed E-state index contributed by atoms with van der Waals surface area (Å²) in [4.78, 5) is 10.3. The van der Waals surface area contributed by atoms with Crippen molar-refractivity contribution in [3.05, 3.63) is 40.0 Å². The number of benzene rings is 1. The zero-order valence-corrected chi connectivity index (χ0v) is 8.34. The van der Waals surface area contributed by atoms with E-state index in [1.807, 2.05) is 0 Å². The smallest absolute Gasteiger partial charge is 0.280 e. The summed E-state index contributed by atoms with van der Waals surface area (Å²) in [5.74, 6) is 0.464. The molecular weight excluding hydrogens is 196 g/mol. The molecule has 0 heterocycles. The summed E-state index contributed by atoms with van der Waals surface area (Å²) in [7, 11) is 1.47. The van der Waals surface area contributed by atoms with Gasteiger partial charge in [0.1, 0.15) is 5.75 Å². The van der Waals surface area contributed by atoms with Gasteiger partial charge >= 0.3 is 0 Å². The predicted molar refractivity (Wildman–Crippen MR) is 57.7 cm³/mol. The molecule has 0 atom stereocenters. The second kappa shape index (κ2) is 5.11. The van der Waals surface area contributed by atoms with Crippen molar-refractivity contribution in [2.24, 2.45) is 5.73 Å². The first-order valence-electron chi connectivity index (χ1n) is 4.38. The van der Waals surface area contributed by atoms with Gasteiger partial charge in [0.25, 0.3) is 5.69 Å². The van der Waals surface area contributed by atoms with Crippen molar-refractivity contribution < 1.29 is 9.66 Å². The molecule has 5 nitrogen and oxygen atoms in total. The molecule has 0 aliphatic heterocycles. The first kappa shape index (κ1) is 11.2. The van der Waals surface area contributed by atoms with E-state index >= 15 is 0 Å². The Balaban J connectivity index is 3.15. The molecule has 1 rings (SSSR count). The fourth-order valence-electron chi connectivity index (χ4n) is 1.14. The van der Waals surface area contributed by atoms with Gasteiger partial charge in [0.2, 0.25) is 0 Å². The SMILES string of the molecule is COc1ccc(/C=C/CN)c([N+](=O)[O-])c1. The van der Waals surface area contributed by atoms with Crippen molar-refractivity contribution >= 4 is 11.8 Å². The molecule has 0 aromatic heterocycles. The van der Waals surface area contributed by atoms with Crippen LogP contribution in [0.15, 0.2) is 24.3 Å². The molecule has 0 radical (unpaired) electrons. The lowest BCUT2D eigenvalue weighted by Gasteiger charge is -2.01. The monoisotopic (exact) mass is 208 g/mol. The van der Waals surface area contributed by atoms with E-state index in [-0.39, 0.29) is 5.69 Å². The highest BCUT2D eigenvalue weighted by Gasteiger charge is 2.12. The first-order valence-corrected chi connectivity index (χ1v) is 4.38. The highest BCUT2D eigenvalue weighted by Crippen LogP contribution is 2.25. The number of rotatable bonds is 4. The normalized spacial score (nSPS) is 10.5. The van der Waals surface area contributed by atoms with Crippen molar-refractivity contribution in [2.75, 3.05) is 13.7 Å². The molecular formula is C10H12N2O3. The highest BCUT2D eigenvalue weighted by atomic mass is 16.6. The molecule has 15 heavy (non-hydrogen) atoms. The minimum absolute atomic E-state index is 0.0130. The minimum Gasteiger partial charge on any atom is -0.497 e. The third-order valence-electron chi connectivity index (χ3n) is 1.87. The largest absolute Gasteiger partial charge is 0.497 e. The van der Waals surface area contributed by atoms with Gasteiger partial charge in [-0.05, 0) is 12.1 Å². The summed E-state index contributed by atoms with van der Waals surface area (Å²) in [6, 6.07) is 4.68. The van der Waals surface area contributed by atoms with E-state index in [0.29, 0.717) is 17.9 Å². The van der Waals surface area contributed by atoms with Crippen LogP contribution in [0.2, 0.25) is 0 Å². The zero-order valence-electron chi connectivity index (χ0n) is 8.34. The molecule has 80 valence electrons. The lowest BCUT2D eigenvalue weighted by Crippen LogP contribution is -1.95. The molecule has 0 saturated heterocycles. The Morgan fingerprint density at radius 2 is 2.33 bits per heavy atom. The van der Waals surface area contributed by atoms with E-state index in [2.05, 4.69) is 0 Å². The van der Waals surface area contributed by atoms with Crippen LogP contribution in [0.4, 0.5) is 5.69 Å². The van der Waals surface area contributed by atoms with Gasteiger partial charge in [0.15, 0.2) is 0 Å². The Hall–Kier alpha value is -1.88. The van der Waals surface area contributed by atoms with Crippen LogP contribution >= 0.6 is 0 Å². The Kier molecular flexibility index (Phi) is 3.82. The molecule has 2 N–H and O–H groups in total. The van der Waals surface area contributed by atoms with Crippen molar-refractivity contribution in [2.45, 2.75) is 0 Å². The van der Waals surface area contributed by atoms with Crippen molar-refractivity contribution in [1.29, 1.82) is 0 Å². The summed E-state index contributed by atoms with van der Waals surface area (Å²) in [5.41, 5.74) is 5.81. The number of nitrogens with zero attached hydrogens (tertiary/aromatic N) is 1. The van der Waals surface area contributed by atoms with Crippen LogP contribution in [-0.4, -0.2) is 18.6 Å². The third-order valence-corrected chi connectivity index (χ3v) is 1.87. The maximum atomic E-state index is 10.7. The van der Waals surface area contributed by atoms with E-state index in [9.17, 15) is 10.1 Å². The lowest BCUT2D eigenvalue weighted by atomic mass is 10.1. The second-order valence-corrected chi connectivity index (χ2v) is 2.82. The predicted octanol–water partition coefficient (Wildman–Crippen LogP) is 1.58. The topological polar surface area (TPSA) is 78.4 Å². The highest BCUT2D eigenvalue weighted by molar-refractivity contribution is 5.62. The summed E-state index contributed by atoms with van der Waals surface area (Å²) >= 11 is 0. The number of ether oxygens (including phenoxy) is 1. The molecule has 0 unspecified atom stereocenters. The molecule has 0 saturated carbocycles. The van der Waals surface area contributed by atoms with Crippen LogP contribution in [0.3, 0.4) is 0 Å². The average molecular weight is 208 g/mol. The number of hydrogen-bond acceptors (Lipinski definition) is 4. The molecule has 0 fully saturated rings. The Morgan fingerprint density at radius 1 is 1.60 bits per heavy atom. The van der Waals surface area contributed by atoms with Gasteiger partial charge in [-0.2, -0.15) is 0 Å². The first-order chi connectivity index (χ1) is 7.19. The number of nitro benzene ring substituents is 1.